The summed E-state index contributed by atoms with van der Waals surface area (Å²) in [7, 11) is 0. The summed E-state index contributed by atoms with van der Waals surface area (Å²) in [6.07, 6.45) is 0. The van der Waals surface area contributed by atoms with E-state index in [-0.39, 0.29) is 0 Å². The second kappa shape index (κ2) is 8.70. The van der Waals surface area contributed by atoms with Crippen molar-refractivity contribution in [2.75, 3.05) is 0 Å². The number of hydrogen-bond donors (Lipinski definition) is 0. The zero-order valence-corrected chi connectivity index (χ0v) is 20.4. The fraction of sp³-hybridized carbons (Fsp3) is 0.120. The van der Waals surface area contributed by atoms with E-state index in [9.17, 15) is 5.26 Å². The smallest absolute Gasteiger partial charge is 0.164 e. The van der Waals surface area contributed by atoms with E-state index in [2.05, 4.69) is 50.1 Å². The van der Waals surface area contributed by atoms with Crippen LogP contribution in [-0.4, -0.2) is 15.0 Å². The molecule has 0 fully saturated rings. The Hall–Kier alpha value is -2.88. The van der Waals surface area contributed by atoms with Crippen molar-refractivity contribution in [1.29, 1.82) is 5.26 Å². The molecule has 0 radical (unpaired) electrons. The number of hydrogen-bond acceptors (Lipinski definition) is 4. The molecule has 1 heterocycles. The number of benzene rings is 3. The zero-order valence-electron chi connectivity index (χ0n) is 17.2. The molecule has 3 aromatic carbocycles. The quantitative estimate of drug-likeness (QED) is 0.279. The van der Waals surface area contributed by atoms with Gasteiger partial charge >= 0.3 is 0 Å². The molecule has 0 saturated carbocycles. The summed E-state index contributed by atoms with van der Waals surface area (Å²) in [4.78, 5) is 14.4. The second-order valence-corrected chi connectivity index (χ2v) is 9.08. The molecule has 0 amide bonds. The largest absolute Gasteiger partial charge is 0.208 e. The van der Waals surface area contributed by atoms with Gasteiger partial charge in [-0.2, -0.15) is 5.26 Å². The summed E-state index contributed by atoms with van der Waals surface area (Å²) in [5, 5.41) is 9.21. The van der Waals surface area contributed by atoms with Crippen molar-refractivity contribution in [3.63, 3.8) is 0 Å². The molecule has 6 heteroatoms. The molecule has 0 aliphatic rings. The van der Waals surface area contributed by atoms with Gasteiger partial charge in [0.1, 0.15) is 0 Å². The standard InChI is InChI=1S/C25H18Br2N4/c1-14-10-17(13-28)4-7-20(14)25-30-23(18-5-8-21(26)15(2)11-18)29-24(31-25)19-6-9-22(27)16(3)12-19/h4-12H,1-3H3. The first-order valence-electron chi connectivity index (χ1n) is 9.66. The lowest BCUT2D eigenvalue weighted by molar-refractivity contribution is 1.07. The number of nitrogens with zero attached hydrogens (tertiary/aromatic N) is 4. The Labute approximate surface area is 198 Å². The molecule has 0 spiro atoms. The highest BCUT2D eigenvalue weighted by Gasteiger charge is 2.15. The fourth-order valence-electron chi connectivity index (χ4n) is 3.31. The van der Waals surface area contributed by atoms with E-state index in [0.29, 0.717) is 23.0 Å². The molecule has 0 aliphatic heterocycles. The summed E-state index contributed by atoms with van der Waals surface area (Å²) in [6.45, 7) is 6.05. The fourth-order valence-corrected chi connectivity index (χ4v) is 3.80. The summed E-state index contributed by atoms with van der Waals surface area (Å²) in [6, 6.07) is 19.9. The Morgan fingerprint density at radius 1 is 0.645 bits per heavy atom. The van der Waals surface area contributed by atoms with Gasteiger partial charge in [0.2, 0.25) is 0 Å². The van der Waals surface area contributed by atoms with E-state index >= 15 is 0 Å². The van der Waals surface area contributed by atoms with Crippen molar-refractivity contribution < 1.29 is 0 Å². The van der Waals surface area contributed by atoms with Gasteiger partial charge in [-0.3, -0.25) is 0 Å². The molecule has 1 aromatic heterocycles. The van der Waals surface area contributed by atoms with Crippen molar-refractivity contribution in [2.45, 2.75) is 20.8 Å². The van der Waals surface area contributed by atoms with Gasteiger partial charge < -0.3 is 0 Å². The van der Waals surface area contributed by atoms with Gasteiger partial charge in [0, 0.05) is 25.6 Å². The van der Waals surface area contributed by atoms with Gasteiger partial charge in [0.25, 0.3) is 0 Å². The molecule has 4 aromatic rings. The number of nitriles is 1. The Bertz CT molecular complexity index is 1290. The molecule has 0 N–H and O–H groups in total. The normalized spacial score (nSPS) is 10.7. The molecule has 0 aliphatic carbocycles. The van der Waals surface area contributed by atoms with Crippen molar-refractivity contribution in [3.05, 3.63) is 85.8 Å². The van der Waals surface area contributed by atoms with Crippen LogP contribution in [0.2, 0.25) is 0 Å². The Morgan fingerprint density at radius 2 is 1.16 bits per heavy atom. The minimum absolute atomic E-state index is 0.586. The van der Waals surface area contributed by atoms with Crippen molar-refractivity contribution in [2.24, 2.45) is 0 Å². The molecule has 31 heavy (non-hydrogen) atoms. The molecule has 0 bridgehead atoms. The maximum atomic E-state index is 9.21. The number of halogens is 2. The lowest BCUT2D eigenvalue weighted by Gasteiger charge is -2.11. The highest BCUT2D eigenvalue weighted by molar-refractivity contribution is 9.10. The molecular weight excluding hydrogens is 516 g/mol. The Morgan fingerprint density at radius 3 is 1.61 bits per heavy atom. The van der Waals surface area contributed by atoms with E-state index < -0.39 is 0 Å². The minimum Gasteiger partial charge on any atom is -0.208 e. The van der Waals surface area contributed by atoms with Crippen LogP contribution in [0, 0.1) is 32.1 Å². The van der Waals surface area contributed by atoms with Crippen LogP contribution in [-0.2, 0) is 0 Å². The van der Waals surface area contributed by atoms with Crippen LogP contribution < -0.4 is 0 Å². The lowest BCUT2D eigenvalue weighted by Crippen LogP contribution is -2.01. The predicted octanol–water partition coefficient (Wildman–Crippen LogP) is 7.19. The highest BCUT2D eigenvalue weighted by Crippen LogP contribution is 2.30. The predicted molar refractivity (Wildman–Crippen MR) is 130 cm³/mol. The summed E-state index contributed by atoms with van der Waals surface area (Å²) in [5.74, 6) is 1.81. The van der Waals surface area contributed by atoms with E-state index in [1.54, 1.807) is 6.07 Å². The maximum Gasteiger partial charge on any atom is 0.164 e. The van der Waals surface area contributed by atoms with Gasteiger partial charge in [-0.1, -0.05) is 44.0 Å². The topological polar surface area (TPSA) is 62.5 Å². The van der Waals surface area contributed by atoms with Gasteiger partial charge in [-0.15, -0.1) is 0 Å². The van der Waals surface area contributed by atoms with Crippen LogP contribution in [0.4, 0.5) is 0 Å². The van der Waals surface area contributed by atoms with Crippen LogP contribution in [0.3, 0.4) is 0 Å². The van der Waals surface area contributed by atoms with Crippen LogP contribution >= 0.6 is 31.9 Å². The monoisotopic (exact) mass is 532 g/mol. The van der Waals surface area contributed by atoms with Gasteiger partial charge in [-0.05, 0) is 79.9 Å². The first kappa shape index (κ1) is 21.4. The number of aryl methyl sites for hydroxylation is 3. The van der Waals surface area contributed by atoms with E-state index in [1.807, 2.05) is 57.2 Å². The summed E-state index contributed by atoms with van der Waals surface area (Å²) < 4.78 is 2.08. The first-order valence-corrected chi connectivity index (χ1v) is 11.2. The maximum absolute atomic E-state index is 9.21. The van der Waals surface area contributed by atoms with Gasteiger partial charge in [0.15, 0.2) is 17.5 Å². The number of aromatic nitrogens is 3. The molecule has 4 nitrogen and oxygen atoms in total. The molecule has 4 rings (SSSR count). The van der Waals surface area contributed by atoms with Gasteiger partial charge in [-0.25, -0.2) is 15.0 Å². The van der Waals surface area contributed by atoms with Crippen LogP contribution in [0.5, 0.6) is 0 Å². The zero-order chi connectivity index (χ0) is 22.1. The second-order valence-electron chi connectivity index (χ2n) is 7.38. The van der Waals surface area contributed by atoms with E-state index in [0.717, 1.165) is 42.3 Å². The third kappa shape index (κ3) is 4.43. The van der Waals surface area contributed by atoms with Crippen LogP contribution in [0.15, 0.2) is 63.5 Å². The third-order valence-corrected chi connectivity index (χ3v) is 6.84. The molecule has 0 saturated heterocycles. The van der Waals surface area contributed by atoms with E-state index in [1.165, 1.54) is 0 Å². The van der Waals surface area contributed by atoms with Crippen molar-refractivity contribution in [3.8, 4) is 40.2 Å². The van der Waals surface area contributed by atoms with Crippen molar-refractivity contribution >= 4 is 31.9 Å². The number of rotatable bonds is 3. The summed E-state index contributed by atoms with van der Waals surface area (Å²) in [5.41, 5.74) is 6.50. The van der Waals surface area contributed by atoms with Crippen LogP contribution in [0.1, 0.15) is 22.3 Å². The summed E-state index contributed by atoms with van der Waals surface area (Å²) >= 11 is 7.12. The molecule has 0 atom stereocenters. The molecular formula is C25H18Br2N4. The Kier molecular flexibility index (Phi) is 5.99. The minimum atomic E-state index is 0.586. The first-order chi connectivity index (χ1) is 14.9. The average Bonchev–Trinajstić information content (AvgIpc) is 2.77. The van der Waals surface area contributed by atoms with Crippen molar-refractivity contribution in [1.82, 2.24) is 15.0 Å². The molecule has 0 unspecified atom stereocenters. The van der Waals surface area contributed by atoms with Crippen LogP contribution in [0.25, 0.3) is 34.2 Å². The van der Waals surface area contributed by atoms with Gasteiger partial charge in [0.05, 0.1) is 11.6 Å². The van der Waals surface area contributed by atoms with E-state index in [4.69, 9.17) is 15.0 Å². The lowest BCUT2D eigenvalue weighted by atomic mass is 10.0. The highest BCUT2D eigenvalue weighted by atomic mass is 79.9. The third-order valence-electron chi connectivity index (χ3n) is 5.06. The Balaban J connectivity index is 1.95. The SMILES string of the molecule is Cc1cc(-c2nc(-c3ccc(Br)c(C)c3)nc(-c3ccc(C#N)cc3C)n2)ccc1Br. The average molecular weight is 534 g/mol. The molecule has 152 valence electrons.